The molecule has 0 aliphatic heterocycles. The molecule has 5 aromatic carbocycles. The quantitative estimate of drug-likeness (QED) is 0.0241. The van der Waals surface area contributed by atoms with Crippen molar-refractivity contribution >= 4 is 35.7 Å². The van der Waals surface area contributed by atoms with E-state index < -0.39 is 11.9 Å². The Labute approximate surface area is 359 Å². The summed E-state index contributed by atoms with van der Waals surface area (Å²) in [5.41, 5.74) is 7.01. The molecule has 0 radical (unpaired) electrons. The van der Waals surface area contributed by atoms with Crippen LogP contribution in [0.1, 0.15) is 160 Å². The average Bonchev–Trinajstić information content (AvgIpc) is 3.28. The number of hydrogen-bond donors (Lipinski definition) is 0. The number of esters is 2. The van der Waals surface area contributed by atoms with Crippen LogP contribution < -0.4 is 9.47 Å². The summed E-state index contributed by atoms with van der Waals surface area (Å²) in [5, 5.41) is 0. The number of aryl methyl sites for hydroxylation is 2. The molecule has 0 bridgehead atoms. The van der Waals surface area contributed by atoms with Crippen molar-refractivity contribution in [3.63, 3.8) is 0 Å². The van der Waals surface area contributed by atoms with E-state index in [9.17, 15) is 9.59 Å². The van der Waals surface area contributed by atoms with E-state index in [2.05, 4.69) is 72.4 Å². The Morgan fingerprint density at radius 3 is 1.15 bits per heavy atom. The van der Waals surface area contributed by atoms with Gasteiger partial charge in [0, 0.05) is 18.5 Å². The first-order valence-corrected chi connectivity index (χ1v) is 22.5. The zero-order valence-corrected chi connectivity index (χ0v) is 36.0. The minimum atomic E-state index is -0.513. The molecule has 5 rings (SSSR count). The monoisotopic (exact) mass is 804 g/mol. The fourth-order valence-electron chi connectivity index (χ4n) is 7.07. The molecule has 0 aliphatic rings. The third-order valence-corrected chi connectivity index (χ3v) is 10.8. The van der Waals surface area contributed by atoms with Gasteiger partial charge in [0.1, 0.15) is 11.5 Å². The first-order valence-electron chi connectivity index (χ1n) is 22.5. The normalized spacial score (nSPS) is 11.4. The fourth-order valence-corrected chi connectivity index (χ4v) is 7.07. The molecule has 0 aromatic heterocycles. The van der Waals surface area contributed by atoms with Crippen LogP contribution in [0.25, 0.3) is 0 Å². The lowest BCUT2D eigenvalue weighted by Crippen LogP contribution is -2.10. The van der Waals surface area contributed by atoms with Crippen molar-refractivity contribution in [3.8, 4) is 11.5 Å². The molecule has 0 N–H and O–H groups in total. The summed E-state index contributed by atoms with van der Waals surface area (Å²) in [5.74, 6) is -0.480. The minimum Gasteiger partial charge on any atom is -0.423 e. The highest BCUT2D eigenvalue weighted by atomic mass is 16.5. The number of ether oxygens (including phenoxy) is 2. The van der Waals surface area contributed by atoms with Crippen LogP contribution in [0.3, 0.4) is 0 Å². The molecular formula is C54H64N2O4. The van der Waals surface area contributed by atoms with Gasteiger partial charge in [-0.3, -0.25) is 9.98 Å². The number of hydrogen-bond acceptors (Lipinski definition) is 6. The van der Waals surface area contributed by atoms with Gasteiger partial charge in [0.05, 0.1) is 22.5 Å². The molecular weight excluding hydrogens is 741 g/mol. The molecule has 0 saturated carbocycles. The predicted molar refractivity (Wildman–Crippen MR) is 249 cm³/mol. The van der Waals surface area contributed by atoms with Gasteiger partial charge < -0.3 is 9.47 Å². The Morgan fingerprint density at radius 2 is 0.783 bits per heavy atom. The maximum atomic E-state index is 13.0. The molecule has 0 spiro atoms. The Kier molecular flexibility index (Phi) is 20.1. The molecule has 0 amide bonds. The first-order chi connectivity index (χ1) is 29.5. The highest BCUT2D eigenvalue weighted by molar-refractivity contribution is 5.93. The van der Waals surface area contributed by atoms with E-state index in [1.165, 1.54) is 120 Å². The SMILES string of the molecule is CCCCCCCCCCc1ccc(N=Cc2ccc(C(=O)Oc3cccc(OC(=O)c4ccc(C=Nc5ccc(CCCCCCCCCC)cc5)cc4)c3)cc2)cc1. The van der Waals surface area contributed by atoms with Crippen molar-refractivity contribution in [1.29, 1.82) is 0 Å². The summed E-state index contributed by atoms with van der Waals surface area (Å²) in [6.45, 7) is 4.52. The van der Waals surface area contributed by atoms with Crippen LogP contribution in [-0.2, 0) is 12.8 Å². The smallest absolute Gasteiger partial charge is 0.343 e. The molecule has 0 atom stereocenters. The number of carbonyl (C=O) groups is 2. The lowest BCUT2D eigenvalue weighted by Gasteiger charge is -2.08. The lowest BCUT2D eigenvalue weighted by molar-refractivity contribution is 0.0733. The lowest BCUT2D eigenvalue weighted by atomic mass is 10.0. The van der Waals surface area contributed by atoms with Gasteiger partial charge in [-0.1, -0.05) is 158 Å². The molecule has 0 saturated heterocycles. The molecule has 6 heteroatoms. The fraction of sp³-hybridized carbons (Fsp3) is 0.370. The molecule has 6 nitrogen and oxygen atoms in total. The van der Waals surface area contributed by atoms with E-state index in [0.717, 1.165) is 35.3 Å². The van der Waals surface area contributed by atoms with E-state index in [-0.39, 0.29) is 11.5 Å². The Hall–Kier alpha value is -5.62. The van der Waals surface area contributed by atoms with Gasteiger partial charge in [0.25, 0.3) is 0 Å². The zero-order valence-electron chi connectivity index (χ0n) is 36.0. The van der Waals surface area contributed by atoms with Crippen LogP contribution in [0.4, 0.5) is 11.4 Å². The predicted octanol–water partition coefficient (Wildman–Crippen LogP) is 15.0. The second kappa shape index (κ2) is 26.5. The highest BCUT2D eigenvalue weighted by Crippen LogP contribution is 2.23. The second-order valence-corrected chi connectivity index (χ2v) is 15.8. The largest absolute Gasteiger partial charge is 0.423 e. The van der Waals surface area contributed by atoms with E-state index >= 15 is 0 Å². The average molecular weight is 805 g/mol. The summed E-state index contributed by atoms with van der Waals surface area (Å²) >= 11 is 0. The maximum absolute atomic E-state index is 13.0. The van der Waals surface area contributed by atoms with Crippen molar-refractivity contribution in [1.82, 2.24) is 0 Å². The summed E-state index contributed by atoms with van der Waals surface area (Å²) < 4.78 is 11.2. The van der Waals surface area contributed by atoms with Gasteiger partial charge >= 0.3 is 11.9 Å². The summed E-state index contributed by atoms with van der Waals surface area (Å²) in [7, 11) is 0. The van der Waals surface area contributed by atoms with Crippen LogP contribution >= 0.6 is 0 Å². The molecule has 0 aliphatic carbocycles. The maximum Gasteiger partial charge on any atom is 0.343 e. The van der Waals surface area contributed by atoms with Crippen molar-refractivity contribution < 1.29 is 19.1 Å². The third kappa shape index (κ3) is 16.9. The van der Waals surface area contributed by atoms with E-state index in [0.29, 0.717) is 11.1 Å². The van der Waals surface area contributed by atoms with Gasteiger partial charge in [-0.15, -0.1) is 0 Å². The third-order valence-electron chi connectivity index (χ3n) is 10.8. The highest BCUT2D eigenvalue weighted by Gasteiger charge is 2.12. The van der Waals surface area contributed by atoms with Crippen LogP contribution in [0, 0.1) is 0 Å². The number of aliphatic imine (C=N–C) groups is 2. The Morgan fingerprint density at radius 1 is 0.433 bits per heavy atom. The molecule has 0 unspecified atom stereocenters. The standard InChI is InChI=1S/C54H64N2O4/c1-3-5-7-9-11-13-15-17-20-43-28-36-49(37-29-43)55-41-45-24-32-47(33-25-45)53(57)59-51-22-19-23-52(40-51)60-54(58)48-34-26-46(27-35-48)42-56-50-38-30-44(31-39-50)21-18-16-14-12-10-8-6-4-2/h19,22-42H,3-18,20-21H2,1-2H3. The number of benzene rings is 5. The van der Waals surface area contributed by atoms with Crippen LogP contribution in [-0.4, -0.2) is 24.4 Å². The minimum absolute atomic E-state index is 0.273. The number of carbonyl (C=O) groups excluding carboxylic acids is 2. The van der Waals surface area contributed by atoms with Gasteiger partial charge in [0.2, 0.25) is 0 Å². The van der Waals surface area contributed by atoms with Gasteiger partial charge in [-0.05, 0) is 109 Å². The van der Waals surface area contributed by atoms with Gasteiger partial charge in [0.15, 0.2) is 0 Å². The first kappa shape index (κ1) is 45.5. The van der Waals surface area contributed by atoms with Crippen LogP contribution in [0.2, 0.25) is 0 Å². The van der Waals surface area contributed by atoms with Crippen molar-refractivity contribution in [3.05, 3.63) is 155 Å². The number of rotatable bonds is 26. The van der Waals surface area contributed by atoms with E-state index in [1.807, 2.05) is 24.3 Å². The molecule has 60 heavy (non-hydrogen) atoms. The summed E-state index contributed by atoms with van der Waals surface area (Å²) in [6.07, 6.45) is 27.0. The topological polar surface area (TPSA) is 77.3 Å². The van der Waals surface area contributed by atoms with Crippen LogP contribution in [0.5, 0.6) is 11.5 Å². The van der Waals surface area contributed by atoms with E-state index in [4.69, 9.17) is 9.47 Å². The summed E-state index contributed by atoms with van der Waals surface area (Å²) in [6, 6.07) is 37.6. The van der Waals surface area contributed by atoms with Crippen LogP contribution in [0.15, 0.2) is 131 Å². The molecule has 0 heterocycles. The Balaban J connectivity index is 1.02. The summed E-state index contributed by atoms with van der Waals surface area (Å²) in [4.78, 5) is 35.2. The van der Waals surface area contributed by atoms with Gasteiger partial charge in [-0.2, -0.15) is 0 Å². The number of unbranched alkanes of at least 4 members (excludes halogenated alkanes) is 14. The Bertz CT molecular complexity index is 1900. The van der Waals surface area contributed by atoms with Crippen molar-refractivity contribution in [2.75, 3.05) is 0 Å². The second-order valence-electron chi connectivity index (χ2n) is 15.8. The molecule has 314 valence electrons. The van der Waals surface area contributed by atoms with Crippen molar-refractivity contribution in [2.45, 2.75) is 129 Å². The van der Waals surface area contributed by atoms with Gasteiger partial charge in [-0.25, -0.2) is 9.59 Å². The van der Waals surface area contributed by atoms with E-state index in [1.54, 1.807) is 54.9 Å². The zero-order chi connectivity index (χ0) is 42.0. The molecule has 0 fully saturated rings. The van der Waals surface area contributed by atoms with Crippen molar-refractivity contribution in [2.24, 2.45) is 9.98 Å². The number of nitrogens with zero attached hydrogens (tertiary/aromatic N) is 2. The molecule has 5 aromatic rings.